The molecule has 5 nitrogen and oxygen atoms in total. The normalized spacial score (nSPS) is 15.4. The Morgan fingerprint density at radius 3 is 2.72 bits per heavy atom. The fourth-order valence-corrected chi connectivity index (χ4v) is 4.30. The minimum Gasteiger partial charge on any atom is -0.493 e. The van der Waals surface area contributed by atoms with Gasteiger partial charge in [0.15, 0.2) is 0 Å². The maximum absolute atomic E-state index is 13.3. The number of para-hydroxylation sites is 2. The number of hydrogen-bond donors (Lipinski definition) is 1. The number of thiophene rings is 1. The molecule has 1 N–H and O–H groups in total. The van der Waals surface area contributed by atoms with Gasteiger partial charge in [-0.2, -0.15) is 5.10 Å². The van der Waals surface area contributed by atoms with E-state index in [1.807, 2.05) is 78.3 Å². The Balaban J connectivity index is 1.50. The van der Waals surface area contributed by atoms with Gasteiger partial charge in [-0.3, -0.25) is 4.79 Å². The molecular weight excluding hydrogens is 382 g/mol. The lowest BCUT2D eigenvalue weighted by Gasteiger charge is -2.26. The molecule has 3 heterocycles. The van der Waals surface area contributed by atoms with Crippen molar-refractivity contribution in [1.82, 2.24) is 15.1 Å². The number of amides is 1. The molecule has 5 rings (SSSR count). The lowest BCUT2D eigenvalue weighted by molar-refractivity contribution is 0.0925. The smallest absolute Gasteiger partial charge is 0.255 e. The molecule has 1 aliphatic heterocycles. The molecule has 0 fully saturated rings. The molecular formula is C23H19N3O2S. The highest BCUT2D eigenvalue weighted by atomic mass is 32.1. The zero-order valence-electron chi connectivity index (χ0n) is 15.6. The molecule has 2 aromatic carbocycles. The first-order valence-electron chi connectivity index (χ1n) is 9.51. The Hall–Kier alpha value is -3.38. The highest BCUT2D eigenvalue weighted by molar-refractivity contribution is 7.13. The first-order chi connectivity index (χ1) is 14.3. The van der Waals surface area contributed by atoms with Gasteiger partial charge in [-0.05, 0) is 29.6 Å². The standard InChI is InChI=1S/C23H19N3O2S/c27-23(24-19-12-13-28-20-10-5-4-9-17(19)20)18-15-26(16-7-2-1-3-8-16)25-22(18)21-11-6-14-29-21/h1-11,14-15,19H,12-13H2,(H,24,27)/t19-/m0/s1. The number of hydrogen-bond acceptors (Lipinski definition) is 4. The summed E-state index contributed by atoms with van der Waals surface area (Å²) in [4.78, 5) is 14.3. The van der Waals surface area contributed by atoms with Crippen LogP contribution >= 0.6 is 11.3 Å². The average Bonchev–Trinajstić information content (AvgIpc) is 3.45. The van der Waals surface area contributed by atoms with E-state index in [-0.39, 0.29) is 11.9 Å². The van der Waals surface area contributed by atoms with Crippen LogP contribution in [-0.4, -0.2) is 22.3 Å². The number of carbonyl (C=O) groups is 1. The van der Waals surface area contributed by atoms with Gasteiger partial charge in [0.1, 0.15) is 11.4 Å². The van der Waals surface area contributed by atoms with E-state index in [0.29, 0.717) is 17.9 Å². The number of nitrogens with zero attached hydrogens (tertiary/aromatic N) is 2. The van der Waals surface area contributed by atoms with Crippen LogP contribution in [0.4, 0.5) is 0 Å². The summed E-state index contributed by atoms with van der Waals surface area (Å²) in [6, 6.07) is 21.6. The van der Waals surface area contributed by atoms with E-state index in [1.54, 1.807) is 16.0 Å². The number of benzene rings is 2. The molecule has 6 heteroatoms. The van der Waals surface area contributed by atoms with Crippen LogP contribution in [0.3, 0.4) is 0 Å². The SMILES string of the molecule is O=C(N[C@H]1CCOc2ccccc21)c1cn(-c2ccccc2)nc1-c1cccs1. The van der Waals surface area contributed by atoms with E-state index in [0.717, 1.165) is 28.3 Å². The topological polar surface area (TPSA) is 56.1 Å². The third-order valence-corrected chi connectivity index (χ3v) is 5.87. The molecule has 0 aliphatic carbocycles. The van der Waals surface area contributed by atoms with Crippen molar-refractivity contribution in [2.45, 2.75) is 12.5 Å². The summed E-state index contributed by atoms with van der Waals surface area (Å²) in [5.41, 5.74) is 3.20. The van der Waals surface area contributed by atoms with Gasteiger partial charge in [0.2, 0.25) is 0 Å². The molecule has 1 aliphatic rings. The van der Waals surface area contributed by atoms with Crippen molar-refractivity contribution < 1.29 is 9.53 Å². The fraction of sp³-hybridized carbons (Fsp3) is 0.130. The van der Waals surface area contributed by atoms with Gasteiger partial charge in [0.25, 0.3) is 5.91 Å². The summed E-state index contributed by atoms with van der Waals surface area (Å²) < 4.78 is 7.49. The molecule has 0 spiro atoms. The second-order valence-electron chi connectivity index (χ2n) is 6.85. The summed E-state index contributed by atoms with van der Waals surface area (Å²) in [7, 11) is 0. The van der Waals surface area contributed by atoms with Crippen LogP contribution in [-0.2, 0) is 0 Å². The number of fused-ring (bicyclic) bond motifs is 1. The highest BCUT2D eigenvalue weighted by Crippen LogP contribution is 2.33. The predicted molar refractivity (Wildman–Crippen MR) is 114 cm³/mol. The Labute approximate surface area is 172 Å². The number of rotatable bonds is 4. The van der Waals surface area contributed by atoms with E-state index < -0.39 is 0 Å². The van der Waals surface area contributed by atoms with Gasteiger partial charge >= 0.3 is 0 Å². The van der Waals surface area contributed by atoms with Crippen molar-refractivity contribution in [1.29, 1.82) is 0 Å². The summed E-state index contributed by atoms with van der Waals surface area (Å²) >= 11 is 1.57. The van der Waals surface area contributed by atoms with Gasteiger partial charge in [-0.25, -0.2) is 4.68 Å². The maximum Gasteiger partial charge on any atom is 0.255 e. The predicted octanol–water partition coefficient (Wildman–Crippen LogP) is 4.85. The van der Waals surface area contributed by atoms with Crippen molar-refractivity contribution in [3.8, 4) is 22.0 Å². The molecule has 0 saturated carbocycles. The second kappa shape index (κ2) is 7.56. The zero-order chi connectivity index (χ0) is 19.6. The molecule has 144 valence electrons. The zero-order valence-corrected chi connectivity index (χ0v) is 16.4. The van der Waals surface area contributed by atoms with Crippen molar-refractivity contribution in [3.05, 3.63) is 89.4 Å². The average molecular weight is 401 g/mol. The van der Waals surface area contributed by atoms with Crippen LogP contribution in [0.15, 0.2) is 78.3 Å². The summed E-state index contributed by atoms with van der Waals surface area (Å²) in [6.45, 7) is 0.586. The van der Waals surface area contributed by atoms with Crippen molar-refractivity contribution in [2.24, 2.45) is 0 Å². The van der Waals surface area contributed by atoms with E-state index in [2.05, 4.69) is 5.32 Å². The summed E-state index contributed by atoms with van der Waals surface area (Å²) in [6.07, 6.45) is 2.55. The molecule has 0 saturated heterocycles. The fourth-order valence-electron chi connectivity index (χ4n) is 3.58. The van der Waals surface area contributed by atoms with Crippen molar-refractivity contribution >= 4 is 17.2 Å². The first kappa shape index (κ1) is 17.7. The third kappa shape index (κ3) is 3.43. The Kier molecular flexibility index (Phi) is 4.62. The van der Waals surface area contributed by atoms with Crippen LogP contribution in [0.1, 0.15) is 28.4 Å². The van der Waals surface area contributed by atoms with Crippen molar-refractivity contribution in [3.63, 3.8) is 0 Å². The molecule has 0 unspecified atom stereocenters. The molecule has 4 aromatic rings. The van der Waals surface area contributed by atoms with Crippen LogP contribution in [0.25, 0.3) is 16.3 Å². The first-order valence-corrected chi connectivity index (χ1v) is 10.4. The van der Waals surface area contributed by atoms with Gasteiger partial charge in [-0.15, -0.1) is 11.3 Å². The monoisotopic (exact) mass is 401 g/mol. The Bertz CT molecular complexity index is 1140. The Morgan fingerprint density at radius 1 is 1.07 bits per heavy atom. The van der Waals surface area contributed by atoms with Crippen LogP contribution < -0.4 is 10.1 Å². The minimum atomic E-state index is -0.128. The molecule has 2 aromatic heterocycles. The quantitative estimate of drug-likeness (QED) is 0.532. The van der Waals surface area contributed by atoms with Gasteiger partial charge in [0.05, 0.1) is 28.8 Å². The largest absolute Gasteiger partial charge is 0.493 e. The van der Waals surface area contributed by atoms with Crippen LogP contribution in [0.5, 0.6) is 5.75 Å². The van der Waals surface area contributed by atoms with Gasteiger partial charge in [-0.1, -0.05) is 42.5 Å². The molecule has 1 atom stereocenters. The Morgan fingerprint density at radius 2 is 1.90 bits per heavy atom. The molecule has 1 amide bonds. The number of nitrogens with one attached hydrogen (secondary N) is 1. The molecule has 0 bridgehead atoms. The summed E-state index contributed by atoms with van der Waals surface area (Å²) in [5.74, 6) is 0.708. The molecule has 0 radical (unpaired) electrons. The van der Waals surface area contributed by atoms with E-state index in [1.165, 1.54) is 0 Å². The number of aromatic nitrogens is 2. The lowest BCUT2D eigenvalue weighted by atomic mass is 10.00. The highest BCUT2D eigenvalue weighted by Gasteiger charge is 2.26. The van der Waals surface area contributed by atoms with E-state index in [9.17, 15) is 4.79 Å². The maximum atomic E-state index is 13.3. The van der Waals surface area contributed by atoms with Crippen LogP contribution in [0, 0.1) is 0 Å². The van der Waals surface area contributed by atoms with Gasteiger partial charge in [0, 0.05) is 18.2 Å². The van der Waals surface area contributed by atoms with E-state index >= 15 is 0 Å². The van der Waals surface area contributed by atoms with Crippen molar-refractivity contribution in [2.75, 3.05) is 6.61 Å². The second-order valence-corrected chi connectivity index (χ2v) is 7.80. The lowest BCUT2D eigenvalue weighted by Crippen LogP contribution is -2.32. The molecule has 29 heavy (non-hydrogen) atoms. The number of ether oxygens (including phenoxy) is 1. The van der Waals surface area contributed by atoms with E-state index in [4.69, 9.17) is 9.84 Å². The number of carbonyl (C=O) groups excluding carboxylic acids is 1. The third-order valence-electron chi connectivity index (χ3n) is 5.00. The minimum absolute atomic E-state index is 0.0799. The summed E-state index contributed by atoms with van der Waals surface area (Å²) in [5, 5.41) is 9.91. The van der Waals surface area contributed by atoms with Crippen LogP contribution in [0.2, 0.25) is 0 Å². The van der Waals surface area contributed by atoms with Gasteiger partial charge < -0.3 is 10.1 Å².